The zero-order valence-corrected chi connectivity index (χ0v) is 23.2. The van der Waals surface area contributed by atoms with Gasteiger partial charge in [0.25, 0.3) is 5.91 Å². The summed E-state index contributed by atoms with van der Waals surface area (Å²) < 4.78 is 39.4. The molecule has 1 saturated heterocycles. The molecule has 0 bridgehead atoms. The number of aromatic nitrogens is 2. The van der Waals surface area contributed by atoms with Gasteiger partial charge in [0.2, 0.25) is 10.0 Å². The fraction of sp³-hybridized carbons (Fsp3) is 0.480. The zero-order chi connectivity index (χ0) is 26.7. The molecule has 1 amide bonds. The summed E-state index contributed by atoms with van der Waals surface area (Å²) in [5.41, 5.74) is 6.92. The normalized spacial score (nSPS) is 15.4. The zero-order valence-electron chi connectivity index (χ0n) is 21.6. The van der Waals surface area contributed by atoms with Gasteiger partial charge in [0.05, 0.1) is 30.0 Å². The van der Waals surface area contributed by atoms with Gasteiger partial charge in [-0.3, -0.25) is 9.69 Å². The quantitative estimate of drug-likeness (QED) is 0.387. The highest BCUT2D eigenvalue weighted by atomic mass is 32.2. The number of nitrogens with zero attached hydrogens (tertiary/aromatic N) is 4. The van der Waals surface area contributed by atoms with Gasteiger partial charge < -0.3 is 14.9 Å². The number of hydrogen-bond donors (Lipinski definition) is 1. The van der Waals surface area contributed by atoms with Crippen molar-refractivity contribution in [3.63, 3.8) is 0 Å². The summed E-state index contributed by atoms with van der Waals surface area (Å²) in [7, 11) is -0.657. The number of sulfonamides is 1. The molecule has 3 aromatic rings. The van der Waals surface area contributed by atoms with Crippen LogP contribution in [0.15, 0.2) is 33.8 Å². The molecular formula is C25H33N5O5S2. The fourth-order valence-corrected chi connectivity index (χ4v) is 7.29. The molecule has 1 atom stereocenters. The van der Waals surface area contributed by atoms with Crippen molar-refractivity contribution in [2.75, 3.05) is 33.8 Å². The van der Waals surface area contributed by atoms with E-state index >= 15 is 0 Å². The van der Waals surface area contributed by atoms with Crippen LogP contribution in [0.4, 0.5) is 0 Å². The Labute approximate surface area is 221 Å². The van der Waals surface area contributed by atoms with Crippen LogP contribution in [0.25, 0.3) is 0 Å². The first kappa shape index (κ1) is 27.2. The van der Waals surface area contributed by atoms with Gasteiger partial charge in [0.1, 0.15) is 27.8 Å². The molecule has 12 heteroatoms. The first-order valence-corrected chi connectivity index (χ1v) is 14.4. The molecule has 200 valence electrons. The predicted octanol–water partition coefficient (Wildman–Crippen LogP) is 3.29. The molecule has 1 unspecified atom stereocenters. The van der Waals surface area contributed by atoms with Crippen LogP contribution in [0, 0.1) is 13.8 Å². The number of hydrogen-bond acceptors (Lipinski definition) is 9. The molecule has 1 aliphatic heterocycles. The van der Waals surface area contributed by atoms with Crippen molar-refractivity contribution in [2.45, 2.75) is 50.5 Å². The fourth-order valence-electron chi connectivity index (χ4n) is 4.68. The summed E-state index contributed by atoms with van der Waals surface area (Å²) in [6.45, 7) is 6.55. The molecule has 0 saturated carbocycles. The summed E-state index contributed by atoms with van der Waals surface area (Å²) >= 11 is 1.48. The van der Waals surface area contributed by atoms with E-state index in [1.54, 1.807) is 46.2 Å². The van der Waals surface area contributed by atoms with E-state index in [0.717, 1.165) is 24.6 Å². The lowest BCUT2D eigenvalue weighted by Gasteiger charge is -2.22. The molecule has 1 aromatic carbocycles. The number of carbonyl (C=O) groups is 1. The average molecular weight is 548 g/mol. The highest BCUT2D eigenvalue weighted by molar-refractivity contribution is 7.89. The summed E-state index contributed by atoms with van der Waals surface area (Å²) in [6.07, 6.45) is 4.07. The van der Waals surface area contributed by atoms with Crippen LogP contribution in [0.5, 0.6) is 5.75 Å². The van der Waals surface area contributed by atoms with Crippen molar-refractivity contribution < 1.29 is 22.4 Å². The van der Waals surface area contributed by atoms with E-state index in [1.165, 1.54) is 34.7 Å². The van der Waals surface area contributed by atoms with Crippen molar-refractivity contribution in [2.24, 2.45) is 5.73 Å². The molecule has 4 rings (SSSR count). The SMILES string of the molecule is COc1cc(C)c(S(=O)(=O)N(C)CCC(c2cc(C(N)=O)co2)c2nnc(CN3CCCC3)s2)c(C)c1. The van der Waals surface area contributed by atoms with Crippen LogP contribution >= 0.6 is 11.3 Å². The van der Waals surface area contributed by atoms with E-state index in [2.05, 4.69) is 15.1 Å². The number of primary amides is 1. The minimum absolute atomic E-state index is 0.200. The highest BCUT2D eigenvalue weighted by Crippen LogP contribution is 2.34. The largest absolute Gasteiger partial charge is 0.497 e. The van der Waals surface area contributed by atoms with Crippen molar-refractivity contribution in [3.8, 4) is 5.75 Å². The molecule has 0 aliphatic carbocycles. The van der Waals surface area contributed by atoms with Crippen LogP contribution in [0.2, 0.25) is 0 Å². The monoisotopic (exact) mass is 547 g/mol. The Kier molecular flexibility index (Phi) is 8.32. The van der Waals surface area contributed by atoms with E-state index in [0.29, 0.717) is 34.1 Å². The van der Waals surface area contributed by atoms with E-state index in [-0.39, 0.29) is 22.9 Å². The minimum Gasteiger partial charge on any atom is -0.497 e. The lowest BCUT2D eigenvalue weighted by molar-refractivity contribution is 0.0999. The molecule has 10 nitrogen and oxygen atoms in total. The molecule has 1 fully saturated rings. The van der Waals surface area contributed by atoms with Crippen molar-refractivity contribution in [1.82, 2.24) is 19.4 Å². The Morgan fingerprint density at radius 2 is 1.89 bits per heavy atom. The number of carbonyl (C=O) groups excluding carboxylic acids is 1. The molecule has 0 spiro atoms. The number of furan rings is 1. The smallest absolute Gasteiger partial charge is 0.251 e. The molecular weight excluding hydrogens is 514 g/mol. The summed E-state index contributed by atoms with van der Waals surface area (Å²) in [5, 5.41) is 10.4. The van der Waals surface area contributed by atoms with Gasteiger partial charge >= 0.3 is 0 Å². The lowest BCUT2D eigenvalue weighted by Crippen LogP contribution is -2.30. The number of nitrogens with two attached hydrogens (primary N) is 1. The molecule has 37 heavy (non-hydrogen) atoms. The van der Waals surface area contributed by atoms with Gasteiger partial charge in [-0.15, -0.1) is 10.2 Å². The summed E-state index contributed by atoms with van der Waals surface area (Å²) in [5.74, 6) is 0.139. The van der Waals surface area contributed by atoms with Crippen LogP contribution in [0.3, 0.4) is 0 Å². The molecule has 2 aromatic heterocycles. The Balaban J connectivity index is 1.57. The maximum atomic E-state index is 13.5. The first-order chi connectivity index (χ1) is 17.6. The van der Waals surface area contributed by atoms with Gasteiger partial charge in [-0.1, -0.05) is 11.3 Å². The Morgan fingerprint density at radius 1 is 1.22 bits per heavy atom. The number of aryl methyl sites for hydroxylation is 2. The van der Waals surface area contributed by atoms with Crippen LogP contribution < -0.4 is 10.5 Å². The standard InChI is InChI=1S/C25H33N5O5S2/c1-16-11-19(34-4)12-17(2)23(16)37(32,33)29(3)10-7-20(21-13-18(15-35-21)24(26)31)25-28-27-22(36-25)14-30-8-5-6-9-30/h11-13,15,20H,5-10,14H2,1-4H3,(H2,26,31). The van der Waals surface area contributed by atoms with E-state index in [9.17, 15) is 13.2 Å². The van der Waals surface area contributed by atoms with Crippen LogP contribution in [0.1, 0.15) is 62.4 Å². The van der Waals surface area contributed by atoms with Crippen molar-refractivity contribution >= 4 is 27.3 Å². The predicted molar refractivity (Wildman–Crippen MR) is 140 cm³/mol. The van der Waals surface area contributed by atoms with E-state index in [1.807, 2.05) is 0 Å². The second-order valence-corrected chi connectivity index (χ2v) is 12.5. The van der Waals surface area contributed by atoms with Gasteiger partial charge in [0, 0.05) is 13.6 Å². The minimum atomic E-state index is -3.77. The van der Waals surface area contributed by atoms with Crippen LogP contribution in [-0.2, 0) is 16.6 Å². The Morgan fingerprint density at radius 3 is 2.49 bits per heavy atom. The average Bonchev–Trinajstić information content (AvgIpc) is 3.61. The van der Waals surface area contributed by atoms with Gasteiger partial charge in [-0.05, 0) is 75.5 Å². The molecule has 1 aliphatic rings. The van der Waals surface area contributed by atoms with Crippen LogP contribution in [-0.4, -0.2) is 67.5 Å². The molecule has 3 heterocycles. The maximum absolute atomic E-state index is 13.5. The van der Waals surface area contributed by atoms with Crippen molar-refractivity contribution in [1.29, 1.82) is 0 Å². The van der Waals surface area contributed by atoms with E-state index in [4.69, 9.17) is 14.9 Å². The number of rotatable bonds is 11. The van der Waals surface area contributed by atoms with Gasteiger partial charge in [0.15, 0.2) is 0 Å². The third-order valence-electron chi connectivity index (χ3n) is 6.66. The third-order valence-corrected chi connectivity index (χ3v) is 9.84. The third kappa shape index (κ3) is 6.03. The maximum Gasteiger partial charge on any atom is 0.251 e. The second kappa shape index (κ2) is 11.3. The highest BCUT2D eigenvalue weighted by Gasteiger charge is 2.29. The topological polar surface area (TPSA) is 132 Å². The lowest BCUT2D eigenvalue weighted by atomic mass is 10.0. The van der Waals surface area contributed by atoms with Crippen molar-refractivity contribution in [3.05, 3.63) is 56.9 Å². The first-order valence-electron chi connectivity index (χ1n) is 12.1. The number of benzene rings is 1. The summed E-state index contributed by atoms with van der Waals surface area (Å²) in [6, 6.07) is 5.03. The molecule has 2 N–H and O–H groups in total. The second-order valence-electron chi connectivity index (χ2n) is 9.38. The van der Waals surface area contributed by atoms with Gasteiger partial charge in [-0.2, -0.15) is 0 Å². The Bertz CT molecular complexity index is 1340. The number of methoxy groups -OCH3 is 1. The Hall–Kier alpha value is -2.80. The number of ether oxygens (including phenoxy) is 1. The molecule has 0 radical (unpaired) electrons. The number of amides is 1. The van der Waals surface area contributed by atoms with E-state index < -0.39 is 15.9 Å². The van der Waals surface area contributed by atoms with Gasteiger partial charge in [-0.25, -0.2) is 12.7 Å². The number of likely N-dealkylation sites (tertiary alicyclic amines) is 1. The summed E-state index contributed by atoms with van der Waals surface area (Å²) in [4.78, 5) is 14.3.